The number of para-hydroxylation sites is 1. The number of hydrogen-bond donors (Lipinski definition) is 0. The van der Waals surface area contributed by atoms with Gasteiger partial charge in [-0.15, -0.1) is 0 Å². The standard InChI is InChI=1S/C20H20N4O2/c1-13-16-12-14(24(25)26)8-9-17(16)21-20-19(13)15-6-4-5-7-18(15)23(20)11-10-22(2)3/h4-9,12H,10-11H2,1-3H3. The summed E-state index contributed by atoms with van der Waals surface area (Å²) in [5.41, 5.74) is 4.00. The van der Waals surface area contributed by atoms with Crippen LogP contribution in [0.2, 0.25) is 0 Å². The fourth-order valence-corrected chi connectivity index (χ4v) is 3.59. The van der Waals surface area contributed by atoms with Crippen molar-refractivity contribution in [2.24, 2.45) is 0 Å². The van der Waals surface area contributed by atoms with Crippen LogP contribution in [0.1, 0.15) is 5.56 Å². The van der Waals surface area contributed by atoms with Crippen molar-refractivity contribution in [1.82, 2.24) is 14.5 Å². The van der Waals surface area contributed by atoms with Crippen molar-refractivity contribution in [3.8, 4) is 0 Å². The van der Waals surface area contributed by atoms with E-state index in [4.69, 9.17) is 4.98 Å². The van der Waals surface area contributed by atoms with Crippen LogP contribution >= 0.6 is 0 Å². The second kappa shape index (κ2) is 6.07. The molecule has 6 heteroatoms. The maximum atomic E-state index is 11.2. The minimum atomic E-state index is -0.358. The Balaban J connectivity index is 2.09. The summed E-state index contributed by atoms with van der Waals surface area (Å²) in [5.74, 6) is 0. The number of aromatic nitrogens is 2. The lowest BCUT2D eigenvalue weighted by Crippen LogP contribution is -2.18. The second-order valence-corrected chi connectivity index (χ2v) is 6.87. The fourth-order valence-electron chi connectivity index (χ4n) is 3.59. The summed E-state index contributed by atoms with van der Waals surface area (Å²) in [4.78, 5) is 17.8. The van der Waals surface area contributed by atoms with E-state index in [1.165, 1.54) is 6.07 Å². The number of non-ortho nitro benzene ring substituents is 1. The first kappa shape index (κ1) is 16.5. The first-order chi connectivity index (χ1) is 12.5. The monoisotopic (exact) mass is 348 g/mol. The van der Waals surface area contributed by atoms with E-state index in [1.54, 1.807) is 12.1 Å². The molecule has 0 spiro atoms. The normalized spacial score (nSPS) is 11.8. The highest BCUT2D eigenvalue weighted by molar-refractivity contribution is 6.12. The molecule has 0 fully saturated rings. The molecule has 0 unspecified atom stereocenters. The largest absolute Gasteiger partial charge is 0.324 e. The van der Waals surface area contributed by atoms with Crippen molar-refractivity contribution in [3.63, 3.8) is 0 Å². The summed E-state index contributed by atoms with van der Waals surface area (Å²) in [7, 11) is 4.11. The maximum absolute atomic E-state index is 11.2. The fraction of sp³-hybridized carbons (Fsp3) is 0.250. The third kappa shape index (κ3) is 2.50. The molecule has 0 saturated carbocycles. The number of pyridine rings is 1. The molecule has 0 radical (unpaired) electrons. The number of fused-ring (bicyclic) bond motifs is 4. The quantitative estimate of drug-likeness (QED) is 0.411. The molecule has 2 heterocycles. The number of nitro groups is 1. The molecule has 4 rings (SSSR count). The van der Waals surface area contributed by atoms with Crippen LogP contribution < -0.4 is 0 Å². The van der Waals surface area contributed by atoms with Gasteiger partial charge in [0.25, 0.3) is 5.69 Å². The van der Waals surface area contributed by atoms with Crippen molar-refractivity contribution in [1.29, 1.82) is 0 Å². The highest BCUT2D eigenvalue weighted by Gasteiger charge is 2.17. The Morgan fingerprint density at radius 2 is 1.92 bits per heavy atom. The maximum Gasteiger partial charge on any atom is 0.270 e. The smallest absolute Gasteiger partial charge is 0.270 e. The van der Waals surface area contributed by atoms with Crippen LogP contribution in [-0.4, -0.2) is 40.0 Å². The van der Waals surface area contributed by atoms with Gasteiger partial charge in [0, 0.05) is 41.4 Å². The van der Waals surface area contributed by atoms with Crippen LogP contribution in [0.5, 0.6) is 0 Å². The Bertz CT molecular complexity index is 1160. The van der Waals surface area contributed by atoms with Gasteiger partial charge in [0.2, 0.25) is 0 Å². The van der Waals surface area contributed by atoms with Crippen molar-refractivity contribution in [2.45, 2.75) is 13.5 Å². The average Bonchev–Trinajstić information content (AvgIpc) is 2.93. The van der Waals surface area contributed by atoms with E-state index in [9.17, 15) is 10.1 Å². The zero-order valence-electron chi connectivity index (χ0n) is 15.1. The Hall–Kier alpha value is -2.99. The molecular weight excluding hydrogens is 328 g/mol. The van der Waals surface area contributed by atoms with Crippen molar-refractivity contribution in [3.05, 3.63) is 58.1 Å². The average molecular weight is 348 g/mol. The van der Waals surface area contributed by atoms with Crippen LogP contribution in [0.25, 0.3) is 32.8 Å². The Labute approximate surface area is 150 Å². The van der Waals surface area contributed by atoms with Gasteiger partial charge in [-0.2, -0.15) is 0 Å². The van der Waals surface area contributed by atoms with Crippen LogP contribution in [0.3, 0.4) is 0 Å². The second-order valence-electron chi connectivity index (χ2n) is 6.87. The molecule has 26 heavy (non-hydrogen) atoms. The van der Waals surface area contributed by atoms with Gasteiger partial charge in [0.05, 0.1) is 16.0 Å². The van der Waals surface area contributed by atoms with E-state index in [2.05, 4.69) is 35.7 Å². The summed E-state index contributed by atoms with van der Waals surface area (Å²) in [6.45, 7) is 3.77. The van der Waals surface area contributed by atoms with E-state index in [-0.39, 0.29) is 10.6 Å². The lowest BCUT2D eigenvalue weighted by atomic mass is 10.0. The summed E-state index contributed by atoms with van der Waals surface area (Å²) in [5, 5.41) is 14.2. The van der Waals surface area contributed by atoms with E-state index in [0.717, 1.165) is 51.5 Å². The zero-order chi connectivity index (χ0) is 18.4. The molecule has 2 aromatic carbocycles. The number of hydrogen-bond acceptors (Lipinski definition) is 4. The highest BCUT2D eigenvalue weighted by Crippen LogP contribution is 2.35. The van der Waals surface area contributed by atoms with Crippen LogP contribution in [0.15, 0.2) is 42.5 Å². The first-order valence-electron chi connectivity index (χ1n) is 8.58. The topological polar surface area (TPSA) is 64.2 Å². The molecule has 0 N–H and O–H groups in total. The lowest BCUT2D eigenvalue weighted by Gasteiger charge is -2.12. The molecule has 0 aliphatic carbocycles. The third-order valence-corrected chi connectivity index (χ3v) is 4.91. The van der Waals surface area contributed by atoms with Crippen molar-refractivity contribution < 1.29 is 4.92 Å². The Morgan fingerprint density at radius 1 is 1.15 bits per heavy atom. The number of rotatable bonds is 4. The number of likely N-dealkylation sites (N-methyl/N-ethyl adjacent to an activating group) is 1. The minimum Gasteiger partial charge on any atom is -0.324 e. The highest BCUT2D eigenvalue weighted by atomic mass is 16.6. The predicted molar refractivity (Wildman–Crippen MR) is 105 cm³/mol. The van der Waals surface area contributed by atoms with Gasteiger partial charge < -0.3 is 9.47 Å². The molecule has 4 aromatic rings. The summed E-state index contributed by atoms with van der Waals surface area (Å²) >= 11 is 0. The third-order valence-electron chi connectivity index (χ3n) is 4.91. The summed E-state index contributed by atoms with van der Waals surface area (Å²) < 4.78 is 2.25. The number of aryl methyl sites for hydroxylation is 1. The number of nitro benzene ring substituents is 1. The van der Waals surface area contributed by atoms with E-state index < -0.39 is 0 Å². The molecule has 0 amide bonds. The molecule has 132 valence electrons. The molecule has 0 aliphatic rings. The van der Waals surface area contributed by atoms with Crippen LogP contribution in [-0.2, 0) is 6.54 Å². The van der Waals surface area contributed by atoms with Crippen molar-refractivity contribution in [2.75, 3.05) is 20.6 Å². The minimum absolute atomic E-state index is 0.0955. The Kier molecular flexibility index (Phi) is 3.85. The zero-order valence-corrected chi connectivity index (χ0v) is 15.1. The number of nitrogens with zero attached hydrogens (tertiary/aromatic N) is 4. The van der Waals surface area contributed by atoms with E-state index >= 15 is 0 Å². The lowest BCUT2D eigenvalue weighted by molar-refractivity contribution is -0.384. The summed E-state index contributed by atoms with van der Waals surface area (Å²) in [6, 6.07) is 13.2. The molecule has 6 nitrogen and oxygen atoms in total. The van der Waals surface area contributed by atoms with E-state index in [0.29, 0.717) is 0 Å². The number of benzene rings is 2. The van der Waals surface area contributed by atoms with Gasteiger partial charge in [-0.1, -0.05) is 18.2 Å². The van der Waals surface area contributed by atoms with Gasteiger partial charge in [-0.3, -0.25) is 10.1 Å². The Morgan fingerprint density at radius 3 is 2.65 bits per heavy atom. The van der Waals surface area contributed by atoms with E-state index in [1.807, 2.05) is 19.1 Å². The molecule has 0 atom stereocenters. The molecule has 0 saturated heterocycles. The first-order valence-corrected chi connectivity index (χ1v) is 8.58. The van der Waals surface area contributed by atoms with Crippen LogP contribution in [0.4, 0.5) is 5.69 Å². The SMILES string of the molecule is Cc1c2cc([N+](=O)[O-])ccc2nc2c1c1ccccc1n2CCN(C)C. The van der Waals surface area contributed by atoms with Gasteiger partial charge in [0.1, 0.15) is 5.65 Å². The van der Waals surface area contributed by atoms with Gasteiger partial charge >= 0.3 is 0 Å². The van der Waals surface area contributed by atoms with Crippen molar-refractivity contribution >= 4 is 38.5 Å². The molecule has 0 bridgehead atoms. The van der Waals surface area contributed by atoms with Gasteiger partial charge in [-0.05, 0) is 38.7 Å². The van der Waals surface area contributed by atoms with Gasteiger partial charge in [0.15, 0.2) is 0 Å². The molecule has 0 aliphatic heterocycles. The summed E-state index contributed by atoms with van der Waals surface area (Å²) in [6.07, 6.45) is 0. The molecule has 2 aromatic heterocycles. The van der Waals surface area contributed by atoms with Crippen LogP contribution in [0, 0.1) is 17.0 Å². The predicted octanol–water partition coefficient (Wildman–Crippen LogP) is 4.12. The molecular formula is C20H20N4O2. The van der Waals surface area contributed by atoms with Gasteiger partial charge in [-0.25, -0.2) is 4.98 Å².